The number of nitrogens with zero attached hydrogens (tertiary/aromatic N) is 2. The lowest BCUT2D eigenvalue weighted by Gasteiger charge is -2.02. The zero-order chi connectivity index (χ0) is 10.7. The minimum Gasteiger partial charge on any atom is -0.235 e. The molecule has 1 aromatic heterocycles. The number of aromatic nitrogens is 1. The van der Waals surface area contributed by atoms with Gasteiger partial charge < -0.3 is 0 Å². The lowest BCUT2D eigenvalue weighted by molar-refractivity contribution is 1.30. The normalized spacial score (nSPS) is 9.60. The van der Waals surface area contributed by atoms with Gasteiger partial charge in [0.15, 0.2) is 0 Å². The molecule has 1 heterocycles. The highest BCUT2D eigenvalue weighted by atomic mass is 35.5. The highest BCUT2D eigenvalue weighted by Gasteiger charge is 2.06. The smallest absolute Gasteiger partial charge is 0.129 e. The monoisotopic (exact) mass is 214 g/mol. The van der Waals surface area contributed by atoms with Crippen molar-refractivity contribution in [2.24, 2.45) is 0 Å². The molecule has 2 aromatic rings. The Balaban J connectivity index is 2.62. The van der Waals surface area contributed by atoms with Gasteiger partial charge in [0.25, 0.3) is 0 Å². The Morgan fingerprint density at radius 3 is 2.47 bits per heavy atom. The molecule has 0 aliphatic carbocycles. The molecule has 0 saturated heterocycles. The second-order valence-electron chi connectivity index (χ2n) is 3.01. The van der Waals surface area contributed by atoms with Crippen LogP contribution in [0.3, 0.4) is 0 Å². The summed E-state index contributed by atoms with van der Waals surface area (Å²) in [5.41, 5.74) is 2.06. The van der Waals surface area contributed by atoms with E-state index in [4.69, 9.17) is 16.9 Å². The van der Waals surface area contributed by atoms with Crippen molar-refractivity contribution < 1.29 is 0 Å². The van der Waals surface area contributed by atoms with Crippen LogP contribution in [0.2, 0.25) is 5.15 Å². The second kappa shape index (κ2) is 4.12. The number of halogens is 1. The summed E-state index contributed by atoms with van der Waals surface area (Å²) >= 11 is 5.80. The molecule has 0 atom stereocenters. The van der Waals surface area contributed by atoms with Gasteiger partial charge in [-0.15, -0.1) is 0 Å². The molecule has 0 saturated carbocycles. The van der Waals surface area contributed by atoms with Crippen molar-refractivity contribution in [3.05, 3.63) is 53.2 Å². The quantitative estimate of drug-likeness (QED) is 0.683. The van der Waals surface area contributed by atoms with E-state index in [1.165, 1.54) is 0 Å². The van der Waals surface area contributed by atoms with Crippen molar-refractivity contribution in [1.29, 1.82) is 5.26 Å². The van der Waals surface area contributed by atoms with Crippen molar-refractivity contribution in [1.82, 2.24) is 4.98 Å². The zero-order valence-electron chi connectivity index (χ0n) is 7.81. The Morgan fingerprint density at radius 1 is 1.07 bits per heavy atom. The number of rotatable bonds is 1. The van der Waals surface area contributed by atoms with E-state index in [9.17, 15) is 0 Å². The summed E-state index contributed by atoms with van der Waals surface area (Å²) < 4.78 is 0. The molecule has 3 heteroatoms. The van der Waals surface area contributed by atoms with Gasteiger partial charge in [-0.25, -0.2) is 4.98 Å². The first-order chi connectivity index (χ1) is 7.31. The van der Waals surface area contributed by atoms with Crippen LogP contribution in [-0.2, 0) is 0 Å². The van der Waals surface area contributed by atoms with E-state index in [0.29, 0.717) is 16.4 Å². The van der Waals surface area contributed by atoms with E-state index < -0.39 is 0 Å². The molecule has 0 aliphatic heterocycles. The van der Waals surface area contributed by atoms with Crippen LogP contribution in [0.1, 0.15) is 5.56 Å². The van der Waals surface area contributed by atoms with Crippen LogP contribution < -0.4 is 0 Å². The number of hydrogen-bond acceptors (Lipinski definition) is 2. The molecule has 0 spiro atoms. The SMILES string of the molecule is N#Cc1ccc(Cl)nc1-c1ccccc1. The summed E-state index contributed by atoms with van der Waals surface area (Å²) in [5, 5.41) is 9.33. The lowest BCUT2D eigenvalue weighted by Crippen LogP contribution is -1.88. The minimum atomic E-state index is 0.396. The molecule has 72 valence electrons. The van der Waals surface area contributed by atoms with Gasteiger partial charge in [-0.3, -0.25) is 0 Å². The van der Waals surface area contributed by atoms with Crippen LogP contribution in [-0.4, -0.2) is 4.98 Å². The number of pyridine rings is 1. The largest absolute Gasteiger partial charge is 0.235 e. The van der Waals surface area contributed by atoms with Gasteiger partial charge in [-0.1, -0.05) is 41.9 Å². The summed E-state index contributed by atoms with van der Waals surface area (Å²) in [6.45, 7) is 0. The zero-order valence-corrected chi connectivity index (χ0v) is 8.57. The first-order valence-electron chi connectivity index (χ1n) is 4.43. The molecule has 1 aromatic carbocycles. The predicted molar refractivity (Wildman–Crippen MR) is 59.4 cm³/mol. The first kappa shape index (κ1) is 9.70. The average molecular weight is 215 g/mol. The van der Waals surface area contributed by atoms with Crippen LogP contribution in [0.5, 0.6) is 0 Å². The Bertz CT molecular complexity index is 515. The lowest BCUT2D eigenvalue weighted by atomic mass is 10.1. The van der Waals surface area contributed by atoms with E-state index in [0.717, 1.165) is 5.56 Å². The van der Waals surface area contributed by atoms with E-state index in [1.54, 1.807) is 12.1 Å². The van der Waals surface area contributed by atoms with Crippen molar-refractivity contribution in [3.8, 4) is 17.3 Å². The molecule has 0 unspecified atom stereocenters. The summed E-state index contributed by atoms with van der Waals surface area (Å²) in [7, 11) is 0. The third-order valence-corrected chi connectivity index (χ3v) is 2.24. The molecule has 0 N–H and O–H groups in total. The summed E-state index contributed by atoms with van der Waals surface area (Å²) in [6.07, 6.45) is 0. The number of hydrogen-bond donors (Lipinski definition) is 0. The van der Waals surface area contributed by atoms with Crippen LogP contribution in [0, 0.1) is 11.3 Å². The molecule has 2 rings (SSSR count). The van der Waals surface area contributed by atoms with Crippen LogP contribution in [0.4, 0.5) is 0 Å². The van der Waals surface area contributed by atoms with E-state index >= 15 is 0 Å². The van der Waals surface area contributed by atoms with Crippen LogP contribution >= 0.6 is 11.6 Å². The standard InChI is InChI=1S/C12H7ClN2/c13-11-7-6-10(8-14)12(15-11)9-4-2-1-3-5-9/h1-7H. The van der Waals surface area contributed by atoms with Gasteiger partial charge in [-0.2, -0.15) is 5.26 Å². The van der Waals surface area contributed by atoms with Gasteiger partial charge in [0.05, 0.1) is 11.3 Å². The van der Waals surface area contributed by atoms with Crippen molar-refractivity contribution in [2.45, 2.75) is 0 Å². The molecule has 2 nitrogen and oxygen atoms in total. The maximum atomic E-state index is 8.94. The fourth-order valence-corrected chi connectivity index (χ4v) is 1.49. The summed E-state index contributed by atoms with van der Waals surface area (Å²) in [5.74, 6) is 0. The highest BCUT2D eigenvalue weighted by Crippen LogP contribution is 2.22. The van der Waals surface area contributed by atoms with Crippen LogP contribution in [0.15, 0.2) is 42.5 Å². The first-order valence-corrected chi connectivity index (χ1v) is 4.81. The fraction of sp³-hybridized carbons (Fsp3) is 0. The summed E-state index contributed by atoms with van der Waals surface area (Å²) in [4.78, 5) is 4.16. The molecule has 0 aliphatic rings. The molecule has 0 bridgehead atoms. The maximum Gasteiger partial charge on any atom is 0.129 e. The molecule has 0 amide bonds. The van der Waals surface area contributed by atoms with Crippen molar-refractivity contribution in [2.75, 3.05) is 0 Å². The van der Waals surface area contributed by atoms with Gasteiger partial charge in [-0.05, 0) is 12.1 Å². The van der Waals surface area contributed by atoms with Crippen molar-refractivity contribution in [3.63, 3.8) is 0 Å². The predicted octanol–water partition coefficient (Wildman–Crippen LogP) is 3.27. The summed E-state index contributed by atoms with van der Waals surface area (Å²) in [6, 6.07) is 14.9. The third kappa shape index (κ3) is 1.98. The average Bonchev–Trinajstić information content (AvgIpc) is 2.30. The minimum absolute atomic E-state index is 0.396. The van der Waals surface area contributed by atoms with Gasteiger partial charge >= 0.3 is 0 Å². The molecular weight excluding hydrogens is 208 g/mol. The van der Waals surface area contributed by atoms with Gasteiger partial charge in [0.2, 0.25) is 0 Å². The number of nitriles is 1. The molecule has 0 radical (unpaired) electrons. The molecule has 15 heavy (non-hydrogen) atoms. The Kier molecular flexibility index (Phi) is 2.66. The molecule has 0 fully saturated rings. The highest BCUT2D eigenvalue weighted by molar-refractivity contribution is 6.29. The van der Waals surface area contributed by atoms with Gasteiger partial charge in [0.1, 0.15) is 11.2 Å². The Labute approximate surface area is 92.8 Å². The fourth-order valence-electron chi connectivity index (χ4n) is 1.34. The molecular formula is C12H7ClN2. The Morgan fingerprint density at radius 2 is 1.80 bits per heavy atom. The maximum absolute atomic E-state index is 8.94. The topological polar surface area (TPSA) is 36.7 Å². The van der Waals surface area contributed by atoms with E-state index in [1.807, 2.05) is 30.3 Å². The van der Waals surface area contributed by atoms with Crippen molar-refractivity contribution >= 4 is 11.6 Å². The third-order valence-electron chi connectivity index (χ3n) is 2.03. The van der Waals surface area contributed by atoms with E-state index in [2.05, 4.69) is 11.1 Å². The Hall–Kier alpha value is -1.85. The van der Waals surface area contributed by atoms with E-state index in [-0.39, 0.29) is 0 Å². The number of benzene rings is 1. The second-order valence-corrected chi connectivity index (χ2v) is 3.40. The van der Waals surface area contributed by atoms with Crippen LogP contribution in [0.25, 0.3) is 11.3 Å². The van der Waals surface area contributed by atoms with Gasteiger partial charge in [0, 0.05) is 5.56 Å².